The van der Waals surface area contributed by atoms with Crippen molar-refractivity contribution in [1.82, 2.24) is 4.90 Å². The van der Waals surface area contributed by atoms with Crippen molar-refractivity contribution in [3.63, 3.8) is 0 Å². The van der Waals surface area contributed by atoms with Gasteiger partial charge >= 0.3 is 0 Å². The molecule has 0 aromatic heterocycles. The third-order valence-electron chi connectivity index (χ3n) is 4.07. The van der Waals surface area contributed by atoms with Crippen LogP contribution in [0, 0.1) is 0 Å². The van der Waals surface area contributed by atoms with E-state index in [1.807, 2.05) is 18.2 Å². The normalized spacial score (nSPS) is 14.5. The Kier molecular flexibility index (Phi) is 5.71. The summed E-state index contributed by atoms with van der Waals surface area (Å²) in [5, 5.41) is 10.0. The van der Waals surface area contributed by atoms with Crippen LogP contribution in [0.25, 0.3) is 0 Å². The molecule has 25 heavy (non-hydrogen) atoms. The standard InChI is InChI=1S/C18H18BrClN2O3/c19-13-4-5-17(16(20)10-13)25-12-18(24)22-8-6-21(7-9-22)14-2-1-3-15(23)11-14/h1-5,10-11,23H,6-9,12H2. The number of carbonyl (C=O) groups is 1. The summed E-state index contributed by atoms with van der Waals surface area (Å²) in [6.45, 7) is 2.63. The fourth-order valence-corrected chi connectivity index (χ4v) is 3.45. The molecule has 1 saturated heterocycles. The van der Waals surface area contributed by atoms with Crippen LogP contribution in [-0.4, -0.2) is 48.7 Å². The highest BCUT2D eigenvalue weighted by Gasteiger charge is 2.22. The SMILES string of the molecule is O=C(COc1ccc(Br)cc1Cl)N1CCN(c2cccc(O)c2)CC1. The summed E-state index contributed by atoms with van der Waals surface area (Å²) in [5.74, 6) is 0.682. The Morgan fingerprint density at radius 2 is 1.92 bits per heavy atom. The molecule has 7 heteroatoms. The van der Waals surface area contributed by atoms with Gasteiger partial charge in [-0.25, -0.2) is 0 Å². The molecular formula is C18H18BrClN2O3. The Hall–Kier alpha value is -1.92. The molecule has 2 aromatic carbocycles. The lowest BCUT2D eigenvalue weighted by Crippen LogP contribution is -2.50. The van der Waals surface area contributed by atoms with Gasteiger partial charge in [0, 0.05) is 42.4 Å². The lowest BCUT2D eigenvalue weighted by atomic mass is 10.2. The molecule has 1 N–H and O–H groups in total. The van der Waals surface area contributed by atoms with Crippen LogP contribution in [-0.2, 0) is 4.79 Å². The van der Waals surface area contributed by atoms with Crippen molar-refractivity contribution in [3.8, 4) is 11.5 Å². The summed E-state index contributed by atoms with van der Waals surface area (Å²) in [5.41, 5.74) is 0.963. The summed E-state index contributed by atoms with van der Waals surface area (Å²) in [7, 11) is 0. The molecule has 0 saturated carbocycles. The van der Waals surface area contributed by atoms with E-state index in [0.717, 1.165) is 10.2 Å². The third-order valence-corrected chi connectivity index (χ3v) is 4.86. The first-order valence-corrected chi connectivity index (χ1v) is 9.09. The first-order chi connectivity index (χ1) is 12.0. The largest absolute Gasteiger partial charge is 0.508 e. The van der Waals surface area contributed by atoms with Gasteiger partial charge in [0.2, 0.25) is 0 Å². The zero-order chi connectivity index (χ0) is 17.8. The second-order valence-electron chi connectivity index (χ2n) is 5.75. The van der Waals surface area contributed by atoms with Gasteiger partial charge in [-0.3, -0.25) is 4.79 Å². The lowest BCUT2D eigenvalue weighted by Gasteiger charge is -2.36. The van der Waals surface area contributed by atoms with E-state index in [4.69, 9.17) is 16.3 Å². The number of piperazine rings is 1. The van der Waals surface area contributed by atoms with Gasteiger partial charge in [0.25, 0.3) is 5.91 Å². The molecule has 1 amide bonds. The maximum atomic E-state index is 12.3. The van der Waals surface area contributed by atoms with E-state index in [0.29, 0.717) is 37.0 Å². The molecule has 0 aliphatic carbocycles. The number of benzene rings is 2. The Labute approximate surface area is 159 Å². The predicted molar refractivity (Wildman–Crippen MR) is 102 cm³/mol. The Balaban J connectivity index is 1.51. The highest BCUT2D eigenvalue weighted by Crippen LogP contribution is 2.27. The summed E-state index contributed by atoms with van der Waals surface area (Å²) in [6.07, 6.45) is 0. The van der Waals surface area contributed by atoms with Gasteiger partial charge in [-0.15, -0.1) is 0 Å². The van der Waals surface area contributed by atoms with Gasteiger partial charge < -0.3 is 19.6 Å². The van der Waals surface area contributed by atoms with Crippen LogP contribution in [0.2, 0.25) is 5.02 Å². The lowest BCUT2D eigenvalue weighted by molar-refractivity contribution is -0.133. The highest BCUT2D eigenvalue weighted by atomic mass is 79.9. The van der Waals surface area contributed by atoms with Gasteiger partial charge in [0.05, 0.1) is 5.02 Å². The average Bonchev–Trinajstić information content (AvgIpc) is 2.61. The van der Waals surface area contributed by atoms with E-state index in [-0.39, 0.29) is 18.3 Å². The summed E-state index contributed by atoms with van der Waals surface area (Å²) < 4.78 is 6.40. The molecule has 1 aliphatic rings. The summed E-state index contributed by atoms with van der Waals surface area (Å²) in [6, 6.07) is 12.4. The number of halogens is 2. The van der Waals surface area contributed by atoms with Crippen molar-refractivity contribution >= 4 is 39.1 Å². The summed E-state index contributed by atoms with van der Waals surface area (Å²) in [4.78, 5) is 16.3. The van der Waals surface area contributed by atoms with Gasteiger partial charge in [-0.05, 0) is 30.3 Å². The van der Waals surface area contributed by atoms with Crippen molar-refractivity contribution in [3.05, 3.63) is 52.0 Å². The minimum atomic E-state index is -0.0606. The fourth-order valence-electron chi connectivity index (χ4n) is 2.73. The van der Waals surface area contributed by atoms with Gasteiger partial charge in [0.15, 0.2) is 6.61 Å². The van der Waals surface area contributed by atoms with Crippen molar-refractivity contribution in [2.24, 2.45) is 0 Å². The zero-order valence-corrected chi connectivity index (χ0v) is 15.8. The molecule has 2 aromatic rings. The molecule has 0 unspecified atom stereocenters. The fraction of sp³-hybridized carbons (Fsp3) is 0.278. The van der Waals surface area contributed by atoms with E-state index >= 15 is 0 Å². The Morgan fingerprint density at radius 3 is 2.60 bits per heavy atom. The molecule has 0 atom stereocenters. The molecule has 0 bridgehead atoms. The van der Waals surface area contributed by atoms with Crippen molar-refractivity contribution in [2.75, 3.05) is 37.7 Å². The smallest absolute Gasteiger partial charge is 0.260 e. The van der Waals surface area contributed by atoms with Crippen LogP contribution < -0.4 is 9.64 Å². The molecule has 1 heterocycles. The molecule has 1 aliphatic heterocycles. The monoisotopic (exact) mass is 424 g/mol. The first-order valence-electron chi connectivity index (χ1n) is 7.92. The average molecular weight is 426 g/mol. The number of rotatable bonds is 4. The summed E-state index contributed by atoms with van der Waals surface area (Å²) >= 11 is 9.42. The van der Waals surface area contributed by atoms with Crippen LogP contribution in [0.4, 0.5) is 5.69 Å². The number of anilines is 1. The van der Waals surface area contributed by atoms with Crippen molar-refractivity contribution in [2.45, 2.75) is 0 Å². The molecule has 0 spiro atoms. The molecule has 5 nitrogen and oxygen atoms in total. The van der Waals surface area contributed by atoms with E-state index in [2.05, 4.69) is 20.8 Å². The number of hydrogen-bond donors (Lipinski definition) is 1. The van der Waals surface area contributed by atoms with E-state index in [1.54, 1.807) is 29.2 Å². The number of phenols is 1. The highest BCUT2D eigenvalue weighted by molar-refractivity contribution is 9.10. The maximum Gasteiger partial charge on any atom is 0.260 e. The first kappa shape index (κ1) is 17.9. The van der Waals surface area contributed by atoms with Crippen LogP contribution in [0.15, 0.2) is 46.9 Å². The second-order valence-corrected chi connectivity index (χ2v) is 7.07. The molecule has 0 radical (unpaired) electrons. The molecule has 1 fully saturated rings. The van der Waals surface area contributed by atoms with Crippen molar-refractivity contribution in [1.29, 1.82) is 0 Å². The van der Waals surface area contributed by atoms with E-state index in [1.165, 1.54) is 0 Å². The van der Waals surface area contributed by atoms with Crippen LogP contribution >= 0.6 is 27.5 Å². The molecule has 3 rings (SSSR count). The van der Waals surface area contributed by atoms with Gasteiger partial charge in [-0.1, -0.05) is 33.6 Å². The second kappa shape index (κ2) is 7.97. The number of aromatic hydroxyl groups is 1. The number of ether oxygens (including phenoxy) is 1. The minimum Gasteiger partial charge on any atom is -0.508 e. The van der Waals surface area contributed by atoms with Crippen LogP contribution in [0.1, 0.15) is 0 Å². The van der Waals surface area contributed by atoms with Crippen LogP contribution in [0.5, 0.6) is 11.5 Å². The quantitative estimate of drug-likeness (QED) is 0.814. The maximum absolute atomic E-state index is 12.3. The zero-order valence-electron chi connectivity index (χ0n) is 13.5. The number of carbonyl (C=O) groups excluding carboxylic acids is 1. The van der Waals surface area contributed by atoms with Gasteiger partial charge in [0.1, 0.15) is 11.5 Å². The van der Waals surface area contributed by atoms with E-state index in [9.17, 15) is 9.90 Å². The number of hydrogen-bond acceptors (Lipinski definition) is 4. The number of phenolic OH excluding ortho intramolecular Hbond substituents is 1. The van der Waals surface area contributed by atoms with Crippen LogP contribution in [0.3, 0.4) is 0 Å². The Morgan fingerprint density at radius 1 is 1.16 bits per heavy atom. The minimum absolute atomic E-state index is 0.0342. The topological polar surface area (TPSA) is 53.0 Å². The molecule has 132 valence electrons. The number of amides is 1. The van der Waals surface area contributed by atoms with Crippen molar-refractivity contribution < 1.29 is 14.6 Å². The molecular weight excluding hydrogens is 408 g/mol. The van der Waals surface area contributed by atoms with E-state index < -0.39 is 0 Å². The predicted octanol–water partition coefficient (Wildman–Crippen LogP) is 3.54. The van der Waals surface area contributed by atoms with Gasteiger partial charge in [-0.2, -0.15) is 0 Å². The Bertz CT molecular complexity index is 764. The number of nitrogens with zero attached hydrogens (tertiary/aromatic N) is 2. The third kappa shape index (κ3) is 4.58.